The molecule has 0 saturated carbocycles. The maximum absolute atomic E-state index is 11.0. The Labute approximate surface area is 123 Å². The minimum atomic E-state index is -1.12. The van der Waals surface area contributed by atoms with Crippen LogP contribution in [0.15, 0.2) is 36.4 Å². The number of carboxylic acid groups (broad SMARTS) is 1. The molecule has 0 bridgehead atoms. The lowest BCUT2D eigenvalue weighted by Gasteiger charge is -2.15. The van der Waals surface area contributed by atoms with Gasteiger partial charge in [-0.3, -0.25) is 0 Å². The van der Waals surface area contributed by atoms with Crippen molar-refractivity contribution in [1.29, 1.82) is 0 Å². The van der Waals surface area contributed by atoms with Gasteiger partial charge < -0.3 is 15.6 Å². The summed E-state index contributed by atoms with van der Waals surface area (Å²) in [4.78, 5) is 14.9. The standard InChI is InChI=1S/C16H18N2O3/c1-3-10(2)11-6-4-5-7-14(11)21-15-12(17)8-9-13(18-15)16(19)20/h4-10H,3,17H2,1-2H3,(H,19,20). The largest absolute Gasteiger partial charge is 0.477 e. The third kappa shape index (κ3) is 3.31. The van der Waals surface area contributed by atoms with Crippen LogP contribution in [0.5, 0.6) is 11.6 Å². The highest BCUT2D eigenvalue weighted by molar-refractivity contribution is 5.86. The summed E-state index contributed by atoms with van der Waals surface area (Å²) in [5, 5.41) is 8.99. The van der Waals surface area contributed by atoms with Crippen LogP contribution in [0.4, 0.5) is 5.69 Å². The number of carbonyl (C=O) groups is 1. The number of ether oxygens (including phenoxy) is 1. The van der Waals surface area contributed by atoms with Crippen LogP contribution >= 0.6 is 0 Å². The molecule has 2 aromatic rings. The third-order valence-electron chi connectivity index (χ3n) is 3.38. The molecule has 0 fully saturated rings. The van der Waals surface area contributed by atoms with Gasteiger partial charge in [0.2, 0.25) is 5.88 Å². The highest BCUT2D eigenvalue weighted by Crippen LogP contribution is 2.33. The van der Waals surface area contributed by atoms with E-state index in [0.717, 1.165) is 12.0 Å². The number of hydrogen-bond donors (Lipinski definition) is 2. The third-order valence-corrected chi connectivity index (χ3v) is 3.38. The molecular formula is C16H18N2O3. The summed E-state index contributed by atoms with van der Waals surface area (Å²) >= 11 is 0. The minimum Gasteiger partial charge on any atom is -0.477 e. The van der Waals surface area contributed by atoms with E-state index in [0.29, 0.717) is 17.4 Å². The van der Waals surface area contributed by atoms with E-state index in [2.05, 4.69) is 18.8 Å². The first-order valence-corrected chi connectivity index (χ1v) is 6.79. The van der Waals surface area contributed by atoms with E-state index in [-0.39, 0.29) is 11.6 Å². The average Bonchev–Trinajstić information content (AvgIpc) is 2.49. The van der Waals surface area contributed by atoms with Gasteiger partial charge in [0.25, 0.3) is 0 Å². The Morgan fingerprint density at radius 3 is 2.71 bits per heavy atom. The van der Waals surface area contributed by atoms with Crippen molar-refractivity contribution < 1.29 is 14.6 Å². The summed E-state index contributed by atoms with van der Waals surface area (Å²) in [6.07, 6.45) is 0.971. The predicted octanol–water partition coefficient (Wildman–Crippen LogP) is 3.67. The molecule has 1 unspecified atom stereocenters. The summed E-state index contributed by atoms with van der Waals surface area (Å²) < 4.78 is 5.75. The lowest BCUT2D eigenvalue weighted by Crippen LogP contribution is -2.04. The Morgan fingerprint density at radius 1 is 1.33 bits per heavy atom. The predicted molar refractivity (Wildman–Crippen MR) is 80.8 cm³/mol. The van der Waals surface area contributed by atoms with Crippen molar-refractivity contribution in [3.8, 4) is 11.6 Å². The lowest BCUT2D eigenvalue weighted by molar-refractivity contribution is 0.0689. The molecule has 0 amide bonds. The highest BCUT2D eigenvalue weighted by atomic mass is 16.5. The van der Waals surface area contributed by atoms with Crippen molar-refractivity contribution >= 4 is 11.7 Å². The van der Waals surface area contributed by atoms with Crippen LogP contribution in [0.1, 0.15) is 42.2 Å². The van der Waals surface area contributed by atoms with Gasteiger partial charge in [-0.2, -0.15) is 0 Å². The number of benzene rings is 1. The Kier molecular flexibility index (Phi) is 4.42. The summed E-state index contributed by atoms with van der Waals surface area (Å²) in [7, 11) is 0. The molecule has 21 heavy (non-hydrogen) atoms. The second-order valence-corrected chi connectivity index (χ2v) is 4.85. The van der Waals surface area contributed by atoms with Gasteiger partial charge in [-0.1, -0.05) is 32.0 Å². The SMILES string of the molecule is CCC(C)c1ccccc1Oc1nc(C(=O)O)ccc1N. The van der Waals surface area contributed by atoms with Gasteiger partial charge >= 0.3 is 5.97 Å². The quantitative estimate of drug-likeness (QED) is 0.876. The fourth-order valence-electron chi connectivity index (χ4n) is 1.96. The van der Waals surface area contributed by atoms with Crippen LogP contribution in [0.2, 0.25) is 0 Å². The molecule has 1 atom stereocenters. The number of hydrogen-bond acceptors (Lipinski definition) is 4. The number of nitrogens with two attached hydrogens (primary N) is 1. The molecule has 0 aliphatic carbocycles. The molecule has 1 aromatic heterocycles. The van der Waals surface area contributed by atoms with Crippen molar-refractivity contribution in [2.24, 2.45) is 0 Å². The Hall–Kier alpha value is -2.56. The van der Waals surface area contributed by atoms with Crippen molar-refractivity contribution in [3.63, 3.8) is 0 Å². The summed E-state index contributed by atoms with van der Waals surface area (Å²) in [6.45, 7) is 4.20. The zero-order chi connectivity index (χ0) is 15.4. The van der Waals surface area contributed by atoms with Gasteiger partial charge in [0.1, 0.15) is 5.75 Å². The molecule has 1 aromatic carbocycles. The van der Waals surface area contributed by atoms with Gasteiger partial charge in [0, 0.05) is 0 Å². The molecule has 5 heteroatoms. The van der Waals surface area contributed by atoms with Gasteiger partial charge in [0.05, 0.1) is 5.69 Å². The molecule has 0 aliphatic heterocycles. The molecule has 110 valence electrons. The molecule has 0 aliphatic rings. The first-order chi connectivity index (χ1) is 10.0. The van der Waals surface area contributed by atoms with Crippen molar-refractivity contribution in [2.75, 3.05) is 5.73 Å². The van der Waals surface area contributed by atoms with Crippen LogP contribution in [0.25, 0.3) is 0 Å². The number of rotatable bonds is 5. The van der Waals surface area contributed by atoms with Gasteiger partial charge in [-0.15, -0.1) is 0 Å². The number of carboxylic acids is 1. The van der Waals surface area contributed by atoms with E-state index in [4.69, 9.17) is 15.6 Å². The second kappa shape index (κ2) is 6.26. The smallest absolute Gasteiger partial charge is 0.354 e. The number of nitrogens with zero attached hydrogens (tertiary/aromatic N) is 1. The van der Waals surface area contributed by atoms with Gasteiger partial charge in [-0.05, 0) is 36.1 Å². The minimum absolute atomic E-state index is 0.0970. The number of aromatic carboxylic acids is 1. The van der Waals surface area contributed by atoms with Crippen molar-refractivity contribution in [3.05, 3.63) is 47.7 Å². The summed E-state index contributed by atoms with van der Waals surface area (Å²) in [5.41, 5.74) is 7.07. The van der Waals surface area contributed by atoms with Crippen LogP contribution in [0, 0.1) is 0 Å². The lowest BCUT2D eigenvalue weighted by atomic mass is 9.98. The summed E-state index contributed by atoms with van der Waals surface area (Å²) in [5.74, 6) is -0.0283. The van der Waals surface area contributed by atoms with Crippen molar-refractivity contribution in [1.82, 2.24) is 4.98 Å². The van der Waals surface area contributed by atoms with E-state index in [1.165, 1.54) is 12.1 Å². The Morgan fingerprint density at radius 2 is 2.05 bits per heavy atom. The number of para-hydroxylation sites is 1. The molecule has 5 nitrogen and oxygen atoms in total. The Bertz CT molecular complexity index is 656. The zero-order valence-corrected chi connectivity index (χ0v) is 12.0. The first-order valence-electron chi connectivity index (χ1n) is 6.79. The van der Waals surface area contributed by atoms with E-state index in [1.807, 2.05) is 24.3 Å². The van der Waals surface area contributed by atoms with E-state index < -0.39 is 5.97 Å². The maximum atomic E-state index is 11.0. The number of pyridine rings is 1. The number of anilines is 1. The topological polar surface area (TPSA) is 85.4 Å². The highest BCUT2D eigenvalue weighted by Gasteiger charge is 2.14. The van der Waals surface area contributed by atoms with Crippen LogP contribution in [0.3, 0.4) is 0 Å². The van der Waals surface area contributed by atoms with Crippen LogP contribution in [-0.2, 0) is 0 Å². The molecule has 2 rings (SSSR count). The van der Waals surface area contributed by atoms with Crippen molar-refractivity contribution in [2.45, 2.75) is 26.2 Å². The summed E-state index contributed by atoms with van der Waals surface area (Å²) in [6, 6.07) is 10.5. The molecule has 0 spiro atoms. The fraction of sp³-hybridized carbons (Fsp3) is 0.250. The molecule has 0 radical (unpaired) electrons. The van der Waals surface area contributed by atoms with E-state index in [9.17, 15) is 4.79 Å². The average molecular weight is 286 g/mol. The maximum Gasteiger partial charge on any atom is 0.354 e. The first kappa shape index (κ1) is 14.8. The number of nitrogen functional groups attached to an aromatic ring is 1. The van der Waals surface area contributed by atoms with E-state index >= 15 is 0 Å². The van der Waals surface area contributed by atoms with Gasteiger partial charge in [-0.25, -0.2) is 9.78 Å². The molecular weight excluding hydrogens is 268 g/mol. The zero-order valence-electron chi connectivity index (χ0n) is 12.0. The second-order valence-electron chi connectivity index (χ2n) is 4.85. The van der Waals surface area contributed by atoms with Crippen LogP contribution < -0.4 is 10.5 Å². The monoisotopic (exact) mass is 286 g/mol. The number of aromatic nitrogens is 1. The van der Waals surface area contributed by atoms with Crippen LogP contribution in [-0.4, -0.2) is 16.1 Å². The normalized spacial score (nSPS) is 11.9. The van der Waals surface area contributed by atoms with Gasteiger partial charge in [0.15, 0.2) is 5.69 Å². The fourth-order valence-corrected chi connectivity index (χ4v) is 1.96. The van der Waals surface area contributed by atoms with E-state index in [1.54, 1.807) is 0 Å². The molecule has 0 saturated heterocycles. The Balaban J connectivity index is 2.38. The molecule has 1 heterocycles. The molecule has 3 N–H and O–H groups in total.